The summed E-state index contributed by atoms with van der Waals surface area (Å²) in [6, 6.07) is 10.6. The summed E-state index contributed by atoms with van der Waals surface area (Å²) >= 11 is 0. The van der Waals surface area contributed by atoms with Crippen LogP contribution in [0.2, 0.25) is 0 Å². The van der Waals surface area contributed by atoms with E-state index in [0.29, 0.717) is 12.6 Å². The Labute approximate surface area is 148 Å². The van der Waals surface area contributed by atoms with E-state index < -0.39 is 5.97 Å². The van der Waals surface area contributed by atoms with Gasteiger partial charge in [-0.3, -0.25) is 14.4 Å². The number of carboxylic acids is 1. The van der Waals surface area contributed by atoms with Crippen molar-refractivity contribution in [2.24, 2.45) is 5.92 Å². The second-order valence-corrected chi connectivity index (χ2v) is 7.46. The fourth-order valence-corrected chi connectivity index (χ4v) is 4.06. The Morgan fingerprint density at radius 1 is 1.24 bits per heavy atom. The molecule has 132 valence electrons. The topological polar surface area (TPSA) is 58.4 Å². The summed E-state index contributed by atoms with van der Waals surface area (Å²) in [6.07, 6.45) is 5.91. The highest BCUT2D eigenvalue weighted by Gasteiger charge is 2.38. The number of aliphatic carboxylic acids is 1. The summed E-state index contributed by atoms with van der Waals surface area (Å²) in [7, 11) is 0. The van der Waals surface area contributed by atoms with E-state index >= 15 is 0 Å². The standard InChI is InChI=1S/C20H25N3O2/c1-14-16(11-23(21-14)17-8-5-9-17)10-22-12-18(19(13-22)20(24)25)15-6-3-2-4-7-15/h2-4,6-7,11,17-19H,5,8-10,12-13H2,1H3,(H,24,25)/t18-,19+/m1/s1. The van der Waals surface area contributed by atoms with Crippen molar-refractivity contribution in [3.05, 3.63) is 53.3 Å². The molecule has 0 spiro atoms. The van der Waals surface area contributed by atoms with Crippen molar-refractivity contribution in [2.75, 3.05) is 13.1 Å². The number of benzene rings is 1. The predicted octanol–water partition coefficient (Wildman–Crippen LogP) is 3.22. The molecule has 1 aliphatic heterocycles. The van der Waals surface area contributed by atoms with Gasteiger partial charge in [0, 0.05) is 37.3 Å². The van der Waals surface area contributed by atoms with Crippen LogP contribution in [-0.2, 0) is 11.3 Å². The van der Waals surface area contributed by atoms with Crippen molar-refractivity contribution in [1.82, 2.24) is 14.7 Å². The molecule has 0 bridgehead atoms. The molecule has 1 N–H and O–H groups in total. The molecule has 1 saturated heterocycles. The molecule has 2 aromatic rings. The molecule has 2 aliphatic rings. The summed E-state index contributed by atoms with van der Waals surface area (Å²) in [5.41, 5.74) is 3.42. The lowest BCUT2D eigenvalue weighted by molar-refractivity contribution is -0.141. The Morgan fingerprint density at radius 3 is 2.64 bits per heavy atom. The largest absolute Gasteiger partial charge is 0.481 e. The molecule has 4 rings (SSSR count). The molecule has 2 atom stereocenters. The molecule has 5 nitrogen and oxygen atoms in total. The van der Waals surface area contributed by atoms with Gasteiger partial charge in [0.15, 0.2) is 0 Å². The van der Waals surface area contributed by atoms with Crippen LogP contribution in [0, 0.1) is 12.8 Å². The molecule has 25 heavy (non-hydrogen) atoms. The van der Waals surface area contributed by atoms with Gasteiger partial charge in [-0.1, -0.05) is 30.3 Å². The zero-order chi connectivity index (χ0) is 17.4. The minimum Gasteiger partial charge on any atom is -0.481 e. The molecule has 2 heterocycles. The van der Waals surface area contributed by atoms with E-state index in [2.05, 4.69) is 27.8 Å². The third kappa shape index (κ3) is 3.21. The van der Waals surface area contributed by atoms with Crippen LogP contribution >= 0.6 is 0 Å². The summed E-state index contributed by atoms with van der Waals surface area (Å²) in [5.74, 6) is -0.983. The zero-order valence-electron chi connectivity index (χ0n) is 14.6. The molecule has 0 unspecified atom stereocenters. The molecule has 0 radical (unpaired) electrons. The molecular formula is C20H25N3O2. The van der Waals surface area contributed by atoms with Gasteiger partial charge in [-0.25, -0.2) is 0 Å². The average molecular weight is 339 g/mol. The van der Waals surface area contributed by atoms with Gasteiger partial charge in [0.05, 0.1) is 17.7 Å². The van der Waals surface area contributed by atoms with Crippen LogP contribution in [-0.4, -0.2) is 38.8 Å². The number of hydrogen-bond donors (Lipinski definition) is 1. The Balaban J connectivity index is 1.50. The molecule has 0 amide bonds. The maximum atomic E-state index is 11.7. The molecule has 2 fully saturated rings. The van der Waals surface area contributed by atoms with Crippen molar-refractivity contribution >= 4 is 5.97 Å². The average Bonchev–Trinajstić information content (AvgIpc) is 3.12. The van der Waals surface area contributed by atoms with Crippen LogP contribution in [0.3, 0.4) is 0 Å². The first kappa shape index (κ1) is 16.3. The smallest absolute Gasteiger partial charge is 0.308 e. The van der Waals surface area contributed by atoms with Gasteiger partial charge in [-0.2, -0.15) is 5.10 Å². The lowest BCUT2D eigenvalue weighted by atomic mass is 9.89. The fraction of sp³-hybridized carbons (Fsp3) is 0.500. The lowest BCUT2D eigenvalue weighted by Crippen LogP contribution is -2.23. The number of nitrogens with zero attached hydrogens (tertiary/aromatic N) is 3. The van der Waals surface area contributed by atoms with E-state index in [0.717, 1.165) is 24.3 Å². The number of carbonyl (C=O) groups is 1. The second kappa shape index (κ2) is 6.64. The Morgan fingerprint density at radius 2 is 2.00 bits per heavy atom. The molecule has 1 aromatic heterocycles. The third-order valence-electron chi connectivity index (χ3n) is 5.80. The molecule has 1 aromatic carbocycles. The van der Waals surface area contributed by atoms with Gasteiger partial charge in [0.2, 0.25) is 0 Å². The normalized spacial score (nSPS) is 24.4. The van der Waals surface area contributed by atoms with Crippen LogP contribution in [0.4, 0.5) is 0 Å². The highest BCUT2D eigenvalue weighted by molar-refractivity contribution is 5.72. The van der Waals surface area contributed by atoms with Crippen LogP contribution < -0.4 is 0 Å². The Kier molecular flexibility index (Phi) is 4.34. The maximum Gasteiger partial charge on any atom is 0.308 e. The molecular weight excluding hydrogens is 314 g/mol. The minimum absolute atomic E-state index is 0.0562. The first-order valence-corrected chi connectivity index (χ1v) is 9.16. The second-order valence-electron chi connectivity index (χ2n) is 7.46. The number of likely N-dealkylation sites (tertiary alicyclic amines) is 1. The van der Waals surface area contributed by atoms with Gasteiger partial charge in [-0.05, 0) is 31.7 Å². The molecule has 5 heteroatoms. The highest BCUT2D eigenvalue weighted by atomic mass is 16.4. The van der Waals surface area contributed by atoms with Gasteiger partial charge >= 0.3 is 5.97 Å². The minimum atomic E-state index is -0.696. The monoisotopic (exact) mass is 339 g/mol. The van der Waals surface area contributed by atoms with Crippen molar-refractivity contribution < 1.29 is 9.90 Å². The fourth-order valence-electron chi connectivity index (χ4n) is 4.06. The first-order valence-electron chi connectivity index (χ1n) is 9.16. The van der Waals surface area contributed by atoms with E-state index in [9.17, 15) is 9.90 Å². The summed E-state index contributed by atoms with van der Waals surface area (Å²) < 4.78 is 2.12. The first-order chi connectivity index (χ1) is 12.1. The van der Waals surface area contributed by atoms with Crippen molar-refractivity contribution in [3.63, 3.8) is 0 Å². The molecule has 1 aliphatic carbocycles. The van der Waals surface area contributed by atoms with Crippen molar-refractivity contribution in [1.29, 1.82) is 0 Å². The van der Waals surface area contributed by atoms with Crippen LogP contribution in [0.5, 0.6) is 0 Å². The van der Waals surface area contributed by atoms with Gasteiger partial charge < -0.3 is 5.11 Å². The van der Waals surface area contributed by atoms with E-state index in [1.165, 1.54) is 24.8 Å². The van der Waals surface area contributed by atoms with Crippen LogP contribution in [0.1, 0.15) is 48.0 Å². The summed E-state index contributed by atoms with van der Waals surface area (Å²) in [6.45, 7) is 4.23. The molecule has 1 saturated carbocycles. The van der Waals surface area contributed by atoms with Crippen LogP contribution in [0.25, 0.3) is 0 Å². The van der Waals surface area contributed by atoms with E-state index in [1.807, 2.05) is 30.3 Å². The van der Waals surface area contributed by atoms with Gasteiger partial charge in [0.25, 0.3) is 0 Å². The number of aromatic nitrogens is 2. The lowest BCUT2D eigenvalue weighted by Gasteiger charge is -2.25. The third-order valence-corrected chi connectivity index (χ3v) is 5.80. The van der Waals surface area contributed by atoms with Crippen molar-refractivity contribution in [3.8, 4) is 0 Å². The number of carboxylic acid groups (broad SMARTS) is 1. The Hall–Kier alpha value is -2.14. The van der Waals surface area contributed by atoms with E-state index in [1.54, 1.807) is 0 Å². The van der Waals surface area contributed by atoms with E-state index in [-0.39, 0.29) is 11.8 Å². The number of aryl methyl sites for hydroxylation is 1. The predicted molar refractivity (Wildman–Crippen MR) is 95.4 cm³/mol. The SMILES string of the molecule is Cc1nn(C2CCC2)cc1CN1C[C@H](C(=O)O)[C@@H](c2ccccc2)C1. The summed E-state index contributed by atoms with van der Waals surface area (Å²) in [5, 5.41) is 14.3. The quantitative estimate of drug-likeness (QED) is 0.909. The van der Waals surface area contributed by atoms with Crippen molar-refractivity contribution in [2.45, 2.75) is 44.7 Å². The summed E-state index contributed by atoms with van der Waals surface area (Å²) in [4.78, 5) is 14.0. The Bertz CT molecular complexity index is 752. The van der Waals surface area contributed by atoms with Gasteiger partial charge in [-0.15, -0.1) is 0 Å². The number of rotatable bonds is 5. The number of hydrogen-bond acceptors (Lipinski definition) is 3. The zero-order valence-corrected chi connectivity index (χ0v) is 14.6. The van der Waals surface area contributed by atoms with Gasteiger partial charge in [0.1, 0.15) is 0 Å². The van der Waals surface area contributed by atoms with E-state index in [4.69, 9.17) is 0 Å². The van der Waals surface area contributed by atoms with Crippen LogP contribution in [0.15, 0.2) is 36.5 Å². The highest BCUT2D eigenvalue weighted by Crippen LogP contribution is 2.35. The maximum absolute atomic E-state index is 11.7.